The van der Waals surface area contributed by atoms with Crippen molar-refractivity contribution in [3.8, 4) is 0 Å². The average Bonchev–Trinajstić information content (AvgIpc) is 2.43. The smallest absolute Gasteiger partial charge is 0.274 e. The minimum absolute atomic E-state index is 0.224. The van der Waals surface area contributed by atoms with Crippen LogP contribution in [0.1, 0.15) is 16.1 Å². The molecule has 0 radical (unpaired) electrons. The number of hydrogen-bond donors (Lipinski definition) is 0. The molecule has 6 heteroatoms. The molecule has 2 rings (SSSR count). The Labute approximate surface area is 121 Å². The van der Waals surface area contributed by atoms with Gasteiger partial charge in [-0.3, -0.25) is 9.59 Å². The van der Waals surface area contributed by atoms with Crippen molar-refractivity contribution in [1.82, 2.24) is 14.7 Å². The van der Waals surface area contributed by atoms with E-state index in [0.29, 0.717) is 11.6 Å². The van der Waals surface area contributed by atoms with Crippen molar-refractivity contribution < 1.29 is 4.79 Å². The number of carbonyl (C=O) groups excluding carboxylic acids is 1. The molecule has 2 aromatic rings. The Kier molecular flexibility index (Phi) is 4.20. The number of amides is 1. The van der Waals surface area contributed by atoms with Gasteiger partial charge in [-0.05, 0) is 17.7 Å². The van der Waals surface area contributed by atoms with Crippen LogP contribution in [0.3, 0.4) is 0 Å². The second-order valence-corrected chi connectivity index (χ2v) is 4.84. The first-order chi connectivity index (χ1) is 9.49. The van der Waals surface area contributed by atoms with Gasteiger partial charge in [0.15, 0.2) is 0 Å². The van der Waals surface area contributed by atoms with Crippen LogP contribution in [0.2, 0.25) is 5.02 Å². The highest BCUT2D eigenvalue weighted by atomic mass is 35.5. The molecule has 1 heterocycles. The second-order valence-electron chi connectivity index (χ2n) is 4.43. The molecule has 0 aliphatic carbocycles. The molecule has 0 saturated heterocycles. The fourth-order valence-electron chi connectivity index (χ4n) is 1.77. The number of halogens is 1. The van der Waals surface area contributed by atoms with Crippen LogP contribution in [0, 0.1) is 0 Å². The molecule has 0 saturated carbocycles. The van der Waals surface area contributed by atoms with E-state index in [-0.39, 0.29) is 17.2 Å². The summed E-state index contributed by atoms with van der Waals surface area (Å²) in [5.74, 6) is -0.263. The normalized spacial score (nSPS) is 10.3. The Morgan fingerprint density at radius 2 is 2.00 bits per heavy atom. The molecule has 1 amide bonds. The number of aryl methyl sites for hydroxylation is 1. The minimum atomic E-state index is -0.263. The molecule has 0 aliphatic heterocycles. The second kappa shape index (κ2) is 5.88. The van der Waals surface area contributed by atoms with Gasteiger partial charge in [-0.2, -0.15) is 5.10 Å². The summed E-state index contributed by atoms with van der Waals surface area (Å²) in [6, 6.07) is 10.1. The van der Waals surface area contributed by atoms with Crippen LogP contribution in [-0.4, -0.2) is 27.6 Å². The van der Waals surface area contributed by atoms with Crippen LogP contribution in [0.25, 0.3) is 0 Å². The van der Waals surface area contributed by atoms with Gasteiger partial charge in [0.05, 0.1) is 0 Å². The lowest BCUT2D eigenvalue weighted by molar-refractivity contribution is 0.0776. The summed E-state index contributed by atoms with van der Waals surface area (Å²) in [7, 11) is 3.17. The average molecular weight is 292 g/mol. The standard InChI is InChI=1S/C14H14ClN3O2/c1-17(9-10-5-3-4-6-11(10)15)14(20)12-7-8-13(19)18(2)16-12/h3-8H,9H2,1-2H3. The molecular formula is C14H14ClN3O2. The number of rotatable bonds is 3. The lowest BCUT2D eigenvalue weighted by Gasteiger charge is -2.17. The maximum Gasteiger partial charge on any atom is 0.274 e. The van der Waals surface area contributed by atoms with E-state index < -0.39 is 0 Å². The summed E-state index contributed by atoms with van der Waals surface area (Å²) in [5.41, 5.74) is 0.826. The topological polar surface area (TPSA) is 55.2 Å². The number of hydrogen-bond acceptors (Lipinski definition) is 3. The van der Waals surface area contributed by atoms with E-state index in [4.69, 9.17) is 11.6 Å². The number of nitrogens with zero attached hydrogens (tertiary/aromatic N) is 3. The highest BCUT2D eigenvalue weighted by Gasteiger charge is 2.15. The Hall–Kier alpha value is -2.14. The van der Waals surface area contributed by atoms with E-state index >= 15 is 0 Å². The first-order valence-electron chi connectivity index (χ1n) is 6.02. The van der Waals surface area contributed by atoms with Crippen molar-refractivity contribution in [2.75, 3.05) is 7.05 Å². The van der Waals surface area contributed by atoms with Crippen molar-refractivity contribution in [3.05, 3.63) is 63.0 Å². The van der Waals surface area contributed by atoms with Gasteiger partial charge >= 0.3 is 0 Å². The Bertz CT molecular complexity index is 697. The fraction of sp³-hybridized carbons (Fsp3) is 0.214. The van der Waals surface area contributed by atoms with E-state index in [1.165, 1.54) is 24.1 Å². The van der Waals surface area contributed by atoms with E-state index in [1.807, 2.05) is 18.2 Å². The van der Waals surface area contributed by atoms with Crippen molar-refractivity contribution >= 4 is 17.5 Å². The van der Waals surface area contributed by atoms with Crippen LogP contribution in [-0.2, 0) is 13.6 Å². The molecule has 0 fully saturated rings. The predicted octanol–water partition coefficient (Wildman–Crippen LogP) is 1.71. The van der Waals surface area contributed by atoms with E-state index in [1.54, 1.807) is 13.1 Å². The van der Waals surface area contributed by atoms with Crippen LogP contribution >= 0.6 is 11.6 Å². The highest BCUT2D eigenvalue weighted by Crippen LogP contribution is 2.17. The van der Waals surface area contributed by atoms with Gasteiger partial charge in [-0.15, -0.1) is 0 Å². The third-order valence-corrected chi connectivity index (χ3v) is 3.26. The third kappa shape index (κ3) is 3.05. The van der Waals surface area contributed by atoms with Crippen molar-refractivity contribution in [2.24, 2.45) is 7.05 Å². The summed E-state index contributed by atoms with van der Waals surface area (Å²) >= 11 is 6.07. The van der Waals surface area contributed by atoms with Crippen LogP contribution in [0.4, 0.5) is 0 Å². The van der Waals surface area contributed by atoms with Gasteiger partial charge in [-0.25, -0.2) is 4.68 Å². The highest BCUT2D eigenvalue weighted by molar-refractivity contribution is 6.31. The van der Waals surface area contributed by atoms with Crippen molar-refractivity contribution in [2.45, 2.75) is 6.54 Å². The van der Waals surface area contributed by atoms with Crippen molar-refractivity contribution in [3.63, 3.8) is 0 Å². The number of aromatic nitrogens is 2. The molecule has 1 aromatic carbocycles. The summed E-state index contributed by atoms with van der Waals surface area (Å²) < 4.78 is 1.14. The number of carbonyl (C=O) groups is 1. The van der Waals surface area contributed by atoms with Gasteiger partial charge in [0.1, 0.15) is 5.69 Å². The number of benzene rings is 1. The van der Waals surface area contributed by atoms with Gasteiger partial charge < -0.3 is 4.90 Å². The first-order valence-corrected chi connectivity index (χ1v) is 6.40. The monoisotopic (exact) mass is 291 g/mol. The van der Waals surface area contributed by atoms with Crippen molar-refractivity contribution in [1.29, 1.82) is 0 Å². The van der Waals surface area contributed by atoms with Crippen LogP contribution in [0.5, 0.6) is 0 Å². The minimum Gasteiger partial charge on any atom is -0.336 e. The van der Waals surface area contributed by atoms with Gasteiger partial charge in [0, 0.05) is 31.7 Å². The lowest BCUT2D eigenvalue weighted by Crippen LogP contribution is -2.30. The molecular weight excluding hydrogens is 278 g/mol. The molecule has 104 valence electrons. The Balaban J connectivity index is 2.18. The molecule has 20 heavy (non-hydrogen) atoms. The van der Waals surface area contributed by atoms with Gasteiger partial charge in [0.2, 0.25) is 0 Å². The van der Waals surface area contributed by atoms with Crippen LogP contribution < -0.4 is 5.56 Å². The summed E-state index contributed by atoms with van der Waals surface area (Å²) in [6.45, 7) is 0.378. The van der Waals surface area contributed by atoms with Crippen LogP contribution in [0.15, 0.2) is 41.2 Å². The molecule has 0 spiro atoms. The SMILES string of the molecule is CN(Cc1ccccc1Cl)C(=O)c1ccc(=O)n(C)n1. The van der Waals surface area contributed by atoms with Gasteiger partial charge in [0.25, 0.3) is 11.5 Å². The van der Waals surface area contributed by atoms with E-state index in [9.17, 15) is 9.59 Å². The zero-order valence-corrected chi connectivity index (χ0v) is 12.0. The maximum absolute atomic E-state index is 12.2. The molecule has 1 aromatic heterocycles. The molecule has 0 unspecified atom stereocenters. The van der Waals surface area contributed by atoms with Gasteiger partial charge in [-0.1, -0.05) is 29.8 Å². The largest absolute Gasteiger partial charge is 0.336 e. The molecule has 0 bridgehead atoms. The van der Waals surface area contributed by atoms with E-state index in [0.717, 1.165) is 10.2 Å². The molecule has 0 atom stereocenters. The third-order valence-electron chi connectivity index (χ3n) is 2.89. The predicted molar refractivity (Wildman–Crippen MR) is 76.7 cm³/mol. The zero-order chi connectivity index (χ0) is 14.7. The quantitative estimate of drug-likeness (QED) is 0.865. The van der Waals surface area contributed by atoms with E-state index in [2.05, 4.69) is 5.10 Å². The Morgan fingerprint density at radius 1 is 1.30 bits per heavy atom. The fourth-order valence-corrected chi connectivity index (χ4v) is 1.96. The first kappa shape index (κ1) is 14.3. The molecule has 0 N–H and O–H groups in total. The molecule has 5 nitrogen and oxygen atoms in total. The lowest BCUT2D eigenvalue weighted by atomic mass is 10.2. The zero-order valence-electron chi connectivity index (χ0n) is 11.2. The summed E-state index contributed by atoms with van der Waals surface area (Å²) in [6.07, 6.45) is 0. The molecule has 0 aliphatic rings. The Morgan fingerprint density at radius 3 is 2.65 bits per heavy atom. The summed E-state index contributed by atoms with van der Waals surface area (Å²) in [4.78, 5) is 25.0. The summed E-state index contributed by atoms with van der Waals surface area (Å²) in [5, 5.41) is 4.55. The maximum atomic E-state index is 12.2.